The molecule has 0 unspecified atom stereocenters. The lowest BCUT2D eigenvalue weighted by Gasteiger charge is -2.35. The summed E-state index contributed by atoms with van der Waals surface area (Å²) in [6, 6.07) is 6.60. The van der Waals surface area contributed by atoms with Crippen molar-refractivity contribution < 1.29 is 14.7 Å². The highest BCUT2D eigenvalue weighted by molar-refractivity contribution is 5.97. The van der Waals surface area contributed by atoms with E-state index in [1.54, 1.807) is 23.1 Å². The SMILES string of the molecule is O=C(CC1CCCC1)N1CCN(C(=O)c2ccccc2O)CC1. The number of hydrogen-bond acceptors (Lipinski definition) is 3. The number of carbonyl (C=O) groups is 2. The van der Waals surface area contributed by atoms with Crippen LogP contribution in [-0.2, 0) is 4.79 Å². The van der Waals surface area contributed by atoms with Crippen molar-refractivity contribution in [3.63, 3.8) is 0 Å². The molecule has 1 N–H and O–H groups in total. The van der Waals surface area contributed by atoms with Crippen molar-refractivity contribution in [1.29, 1.82) is 0 Å². The zero-order valence-corrected chi connectivity index (χ0v) is 13.4. The summed E-state index contributed by atoms with van der Waals surface area (Å²) in [6.45, 7) is 2.24. The Balaban J connectivity index is 1.52. The smallest absolute Gasteiger partial charge is 0.257 e. The van der Waals surface area contributed by atoms with Gasteiger partial charge in [0.25, 0.3) is 5.91 Å². The molecular formula is C18H24N2O3. The van der Waals surface area contributed by atoms with E-state index in [-0.39, 0.29) is 17.6 Å². The summed E-state index contributed by atoms with van der Waals surface area (Å²) in [5.74, 6) is 0.637. The first-order valence-corrected chi connectivity index (χ1v) is 8.50. The maximum Gasteiger partial charge on any atom is 0.257 e. The van der Waals surface area contributed by atoms with E-state index < -0.39 is 0 Å². The number of carbonyl (C=O) groups excluding carboxylic acids is 2. The zero-order chi connectivity index (χ0) is 16.2. The molecule has 2 aliphatic rings. The topological polar surface area (TPSA) is 60.9 Å². The van der Waals surface area contributed by atoms with Crippen molar-refractivity contribution in [2.75, 3.05) is 26.2 Å². The van der Waals surface area contributed by atoms with Crippen LogP contribution in [0.5, 0.6) is 5.75 Å². The van der Waals surface area contributed by atoms with E-state index in [1.807, 2.05) is 4.90 Å². The first-order valence-electron chi connectivity index (χ1n) is 8.50. The highest BCUT2D eigenvalue weighted by Crippen LogP contribution is 2.28. The monoisotopic (exact) mass is 316 g/mol. The Bertz CT molecular complexity index is 573. The molecule has 2 fully saturated rings. The van der Waals surface area contributed by atoms with Crippen LogP contribution < -0.4 is 0 Å². The molecule has 1 aromatic carbocycles. The Morgan fingerprint density at radius 3 is 2.26 bits per heavy atom. The molecule has 1 heterocycles. The number of rotatable bonds is 3. The fourth-order valence-electron chi connectivity index (χ4n) is 3.57. The van der Waals surface area contributed by atoms with Crippen LogP contribution in [-0.4, -0.2) is 52.9 Å². The number of nitrogens with zero attached hydrogens (tertiary/aromatic N) is 2. The van der Waals surface area contributed by atoms with Crippen molar-refractivity contribution in [1.82, 2.24) is 9.80 Å². The van der Waals surface area contributed by atoms with E-state index in [0.29, 0.717) is 44.1 Å². The lowest BCUT2D eigenvalue weighted by Crippen LogP contribution is -2.50. The number of amides is 2. The molecule has 2 amide bonds. The van der Waals surface area contributed by atoms with Gasteiger partial charge in [0, 0.05) is 32.6 Å². The van der Waals surface area contributed by atoms with Crippen molar-refractivity contribution >= 4 is 11.8 Å². The molecule has 5 heteroatoms. The van der Waals surface area contributed by atoms with Gasteiger partial charge in [0.1, 0.15) is 5.75 Å². The third-order valence-electron chi connectivity index (χ3n) is 4.99. The fraction of sp³-hybridized carbons (Fsp3) is 0.556. The van der Waals surface area contributed by atoms with Gasteiger partial charge in [-0.15, -0.1) is 0 Å². The quantitative estimate of drug-likeness (QED) is 0.930. The highest BCUT2D eigenvalue weighted by atomic mass is 16.3. The summed E-state index contributed by atoms with van der Waals surface area (Å²) < 4.78 is 0. The largest absolute Gasteiger partial charge is 0.507 e. The summed E-state index contributed by atoms with van der Waals surface area (Å²) in [6.07, 6.45) is 5.52. The molecule has 1 saturated heterocycles. The molecule has 0 bridgehead atoms. The van der Waals surface area contributed by atoms with Crippen LogP contribution in [0.15, 0.2) is 24.3 Å². The number of para-hydroxylation sites is 1. The molecule has 23 heavy (non-hydrogen) atoms. The van der Waals surface area contributed by atoms with Crippen molar-refractivity contribution in [2.45, 2.75) is 32.1 Å². The molecule has 0 spiro atoms. The Labute approximate surface area is 136 Å². The third-order valence-corrected chi connectivity index (χ3v) is 4.99. The van der Waals surface area contributed by atoms with Gasteiger partial charge >= 0.3 is 0 Å². The van der Waals surface area contributed by atoms with Gasteiger partial charge < -0.3 is 14.9 Å². The Morgan fingerprint density at radius 2 is 1.61 bits per heavy atom. The summed E-state index contributed by atoms with van der Waals surface area (Å²) >= 11 is 0. The second-order valence-electron chi connectivity index (χ2n) is 6.54. The number of phenols is 1. The van der Waals surface area contributed by atoms with Gasteiger partial charge in [-0.3, -0.25) is 9.59 Å². The van der Waals surface area contributed by atoms with Crippen LogP contribution in [0.4, 0.5) is 0 Å². The van der Waals surface area contributed by atoms with Crippen LogP contribution in [0.2, 0.25) is 0 Å². The number of benzene rings is 1. The number of phenolic OH excluding ortho intramolecular Hbond substituents is 1. The zero-order valence-electron chi connectivity index (χ0n) is 13.4. The van der Waals surface area contributed by atoms with Crippen LogP contribution in [0.25, 0.3) is 0 Å². The van der Waals surface area contributed by atoms with Crippen LogP contribution in [0.1, 0.15) is 42.5 Å². The number of piperazine rings is 1. The van der Waals surface area contributed by atoms with Gasteiger partial charge in [-0.2, -0.15) is 0 Å². The maximum atomic E-state index is 12.4. The molecule has 0 atom stereocenters. The average Bonchev–Trinajstić information content (AvgIpc) is 3.08. The van der Waals surface area contributed by atoms with Gasteiger partial charge in [-0.05, 0) is 30.9 Å². The van der Waals surface area contributed by atoms with Crippen molar-refractivity contribution in [2.24, 2.45) is 5.92 Å². The van der Waals surface area contributed by atoms with Crippen LogP contribution in [0.3, 0.4) is 0 Å². The standard InChI is InChI=1S/C18H24N2O3/c21-16-8-4-3-7-15(16)18(23)20-11-9-19(10-12-20)17(22)13-14-5-1-2-6-14/h3-4,7-8,14,21H,1-2,5-6,9-13H2. The van der Waals surface area contributed by atoms with E-state index in [2.05, 4.69) is 0 Å². The second kappa shape index (κ2) is 7.02. The molecule has 124 valence electrons. The molecule has 1 aromatic rings. The normalized spacial score (nSPS) is 19.1. The van der Waals surface area contributed by atoms with Crippen molar-refractivity contribution in [3.05, 3.63) is 29.8 Å². The summed E-state index contributed by atoms with van der Waals surface area (Å²) in [5.41, 5.74) is 0.332. The molecular weight excluding hydrogens is 292 g/mol. The molecule has 1 aliphatic carbocycles. The third kappa shape index (κ3) is 3.66. The first-order chi connectivity index (χ1) is 11.1. The minimum Gasteiger partial charge on any atom is -0.507 e. The summed E-state index contributed by atoms with van der Waals surface area (Å²) in [5, 5.41) is 9.80. The minimum atomic E-state index is -0.161. The second-order valence-corrected chi connectivity index (χ2v) is 6.54. The lowest BCUT2D eigenvalue weighted by molar-refractivity contribution is -0.133. The van der Waals surface area contributed by atoms with Crippen LogP contribution in [0, 0.1) is 5.92 Å². The predicted molar refractivity (Wildman–Crippen MR) is 87.2 cm³/mol. The van der Waals surface area contributed by atoms with E-state index in [9.17, 15) is 14.7 Å². The van der Waals surface area contributed by atoms with Gasteiger partial charge in [-0.25, -0.2) is 0 Å². The van der Waals surface area contributed by atoms with E-state index in [1.165, 1.54) is 31.7 Å². The number of hydrogen-bond donors (Lipinski definition) is 1. The van der Waals surface area contributed by atoms with Gasteiger partial charge in [0.05, 0.1) is 5.56 Å². The molecule has 5 nitrogen and oxygen atoms in total. The van der Waals surface area contributed by atoms with Gasteiger partial charge in [0.15, 0.2) is 0 Å². The predicted octanol–water partition coefficient (Wildman–Crippen LogP) is 2.26. The molecule has 0 aromatic heterocycles. The Morgan fingerprint density at radius 1 is 1.00 bits per heavy atom. The van der Waals surface area contributed by atoms with E-state index >= 15 is 0 Å². The van der Waals surface area contributed by atoms with Gasteiger partial charge in [-0.1, -0.05) is 25.0 Å². The molecule has 1 aliphatic heterocycles. The number of aromatic hydroxyl groups is 1. The first kappa shape index (κ1) is 15.8. The van der Waals surface area contributed by atoms with Crippen LogP contribution >= 0.6 is 0 Å². The summed E-state index contributed by atoms with van der Waals surface area (Å²) in [7, 11) is 0. The van der Waals surface area contributed by atoms with E-state index in [0.717, 1.165) is 0 Å². The van der Waals surface area contributed by atoms with E-state index in [4.69, 9.17) is 0 Å². The van der Waals surface area contributed by atoms with Crippen molar-refractivity contribution in [3.8, 4) is 5.75 Å². The maximum absolute atomic E-state index is 12.4. The minimum absolute atomic E-state index is 0.0113. The molecule has 3 rings (SSSR count). The fourth-order valence-corrected chi connectivity index (χ4v) is 3.57. The average molecular weight is 316 g/mol. The Hall–Kier alpha value is -2.04. The molecule has 0 radical (unpaired) electrons. The highest BCUT2D eigenvalue weighted by Gasteiger charge is 2.27. The Kier molecular flexibility index (Phi) is 4.84. The lowest BCUT2D eigenvalue weighted by atomic mass is 10.0. The summed E-state index contributed by atoms with van der Waals surface area (Å²) in [4.78, 5) is 28.4. The molecule has 1 saturated carbocycles. The van der Waals surface area contributed by atoms with Gasteiger partial charge in [0.2, 0.25) is 5.91 Å².